The minimum absolute atomic E-state index is 0.0355. The summed E-state index contributed by atoms with van der Waals surface area (Å²) < 4.78 is 0. The Labute approximate surface area is 147 Å². The highest BCUT2D eigenvalue weighted by Gasteiger charge is 2.31. The van der Waals surface area contributed by atoms with E-state index in [9.17, 15) is 4.79 Å². The molecule has 0 saturated heterocycles. The van der Waals surface area contributed by atoms with Crippen LogP contribution in [0.15, 0.2) is 36.9 Å². The molecule has 132 valence electrons. The van der Waals surface area contributed by atoms with Crippen molar-refractivity contribution in [3.63, 3.8) is 0 Å². The first-order chi connectivity index (χ1) is 12.2. The SMILES string of the molecule is CC(=O)NC1CC(c2cc(NCCCNc3cccnc3)ncn2)C1. The molecule has 3 N–H and O–H groups in total. The second-order valence-electron chi connectivity index (χ2n) is 6.34. The lowest BCUT2D eigenvalue weighted by atomic mass is 9.78. The molecule has 0 spiro atoms. The van der Waals surface area contributed by atoms with Crippen LogP contribution in [0.2, 0.25) is 0 Å². The second-order valence-corrected chi connectivity index (χ2v) is 6.34. The van der Waals surface area contributed by atoms with Crippen molar-refractivity contribution in [3.05, 3.63) is 42.6 Å². The molecular weight excluding hydrogens is 316 g/mol. The van der Waals surface area contributed by atoms with E-state index in [1.54, 1.807) is 19.4 Å². The molecular formula is C18H24N6O. The van der Waals surface area contributed by atoms with Crippen molar-refractivity contribution < 1.29 is 4.79 Å². The van der Waals surface area contributed by atoms with E-state index < -0.39 is 0 Å². The second kappa shape index (κ2) is 8.41. The molecule has 7 nitrogen and oxygen atoms in total. The maximum Gasteiger partial charge on any atom is 0.217 e. The molecule has 2 aromatic rings. The van der Waals surface area contributed by atoms with Crippen molar-refractivity contribution in [1.29, 1.82) is 0 Å². The van der Waals surface area contributed by atoms with Crippen LogP contribution in [0.25, 0.3) is 0 Å². The van der Waals surface area contributed by atoms with Gasteiger partial charge in [0.2, 0.25) is 5.91 Å². The fraction of sp³-hybridized carbons (Fsp3) is 0.444. The Morgan fingerprint density at radius 3 is 2.84 bits per heavy atom. The van der Waals surface area contributed by atoms with Crippen molar-refractivity contribution in [1.82, 2.24) is 20.3 Å². The Morgan fingerprint density at radius 2 is 2.08 bits per heavy atom. The number of nitrogens with zero attached hydrogens (tertiary/aromatic N) is 3. The molecule has 2 aromatic heterocycles. The lowest BCUT2D eigenvalue weighted by Crippen LogP contribution is -2.42. The van der Waals surface area contributed by atoms with Gasteiger partial charge in [-0.3, -0.25) is 9.78 Å². The molecule has 3 rings (SSSR count). The Hall–Kier alpha value is -2.70. The van der Waals surface area contributed by atoms with Gasteiger partial charge in [0.05, 0.1) is 5.69 Å². The van der Waals surface area contributed by atoms with Crippen molar-refractivity contribution in [2.45, 2.75) is 38.1 Å². The predicted molar refractivity (Wildman–Crippen MR) is 97.4 cm³/mol. The predicted octanol–water partition coefficient (Wildman–Crippen LogP) is 2.17. The van der Waals surface area contributed by atoms with Crippen molar-refractivity contribution in [3.8, 4) is 0 Å². The molecule has 1 aliphatic rings. The van der Waals surface area contributed by atoms with Crippen molar-refractivity contribution >= 4 is 17.4 Å². The van der Waals surface area contributed by atoms with Crippen LogP contribution in [-0.2, 0) is 4.79 Å². The van der Waals surface area contributed by atoms with E-state index >= 15 is 0 Å². The van der Waals surface area contributed by atoms with Gasteiger partial charge in [0.1, 0.15) is 12.1 Å². The van der Waals surface area contributed by atoms with Crippen molar-refractivity contribution in [2.24, 2.45) is 0 Å². The number of carbonyl (C=O) groups excluding carboxylic acids is 1. The summed E-state index contributed by atoms with van der Waals surface area (Å²) in [7, 11) is 0. The third-order valence-electron chi connectivity index (χ3n) is 4.30. The summed E-state index contributed by atoms with van der Waals surface area (Å²) in [6.07, 6.45) is 8.06. The maximum absolute atomic E-state index is 11.1. The summed E-state index contributed by atoms with van der Waals surface area (Å²) in [6.45, 7) is 3.27. The molecule has 0 aliphatic heterocycles. The number of amides is 1. The van der Waals surface area contributed by atoms with Crippen LogP contribution in [-0.4, -0.2) is 40.0 Å². The van der Waals surface area contributed by atoms with Gasteiger partial charge in [-0.05, 0) is 31.4 Å². The third kappa shape index (κ3) is 5.14. The van der Waals surface area contributed by atoms with Gasteiger partial charge in [0, 0.05) is 56.1 Å². The molecule has 1 fully saturated rings. The highest BCUT2D eigenvalue weighted by atomic mass is 16.1. The summed E-state index contributed by atoms with van der Waals surface area (Å²) in [5.74, 6) is 1.30. The first-order valence-electron chi connectivity index (χ1n) is 8.67. The topological polar surface area (TPSA) is 91.8 Å². The molecule has 1 aliphatic carbocycles. The van der Waals surface area contributed by atoms with Gasteiger partial charge in [-0.2, -0.15) is 0 Å². The molecule has 2 heterocycles. The van der Waals surface area contributed by atoms with Crippen LogP contribution in [0.5, 0.6) is 0 Å². The first-order valence-corrected chi connectivity index (χ1v) is 8.67. The largest absolute Gasteiger partial charge is 0.384 e. The van der Waals surface area contributed by atoms with Gasteiger partial charge in [-0.1, -0.05) is 0 Å². The Kier molecular flexibility index (Phi) is 5.77. The molecule has 0 atom stereocenters. The number of nitrogens with one attached hydrogen (secondary N) is 3. The third-order valence-corrected chi connectivity index (χ3v) is 4.30. The highest BCUT2D eigenvalue weighted by Crippen LogP contribution is 2.36. The number of hydrogen-bond acceptors (Lipinski definition) is 6. The fourth-order valence-electron chi connectivity index (χ4n) is 2.96. The van der Waals surface area contributed by atoms with E-state index in [0.29, 0.717) is 5.92 Å². The smallest absolute Gasteiger partial charge is 0.217 e. The van der Waals surface area contributed by atoms with E-state index in [-0.39, 0.29) is 11.9 Å². The maximum atomic E-state index is 11.1. The standard InChI is InChI=1S/C18H24N6O/c1-13(25)24-16-8-14(9-16)17-10-18(23-12-22-17)21-7-3-6-20-15-4-2-5-19-11-15/h2,4-5,10-12,14,16,20H,3,6-9H2,1H3,(H,24,25)(H,21,22,23). The molecule has 0 unspecified atom stereocenters. The average Bonchev–Trinajstić information content (AvgIpc) is 2.58. The summed E-state index contributed by atoms with van der Waals surface area (Å²) in [6, 6.07) is 6.22. The summed E-state index contributed by atoms with van der Waals surface area (Å²) in [5, 5.41) is 9.62. The summed E-state index contributed by atoms with van der Waals surface area (Å²) >= 11 is 0. The van der Waals surface area contributed by atoms with E-state index in [1.807, 2.05) is 24.4 Å². The minimum Gasteiger partial charge on any atom is -0.384 e. The Morgan fingerprint density at radius 1 is 1.24 bits per heavy atom. The normalized spacial score (nSPS) is 18.9. The molecule has 25 heavy (non-hydrogen) atoms. The zero-order valence-electron chi connectivity index (χ0n) is 14.4. The van der Waals surface area contributed by atoms with E-state index in [4.69, 9.17) is 0 Å². The minimum atomic E-state index is 0.0355. The van der Waals surface area contributed by atoms with Crippen LogP contribution in [0.3, 0.4) is 0 Å². The number of anilines is 2. The molecule has 0 aromatic carbocycles. The van der Waals surface area contributed by atoms with Gasteiger partial charge in [-0.25, -0.2) is 9.97 Å². The van der Waals surface area contributed by atoms with Crippen LogP contribution in [0.4, 0.5) is 11.5 Å². The molecule has 7 heteroatoms. The molecule has 1 saturated carbocycles. The number of aromatic nitrogens is 3. The zero-order chi connectivity index (χ0) is 17.5. The van der Waals surface area contributed by atoms with E-state index in [1.165, 1.54) is 0 Å². The highest BCUT2D eigenvalue weighted by molar-refractivity contribution is 5.73. The van der Waals surface area contributed by atoms with Crippen LogP contribution in [0, 0.1) is 0 Å². The van der Waals surface area contributed by atoms with Gasteiger partial charge in [-0.15, -0.1) is 0 Å². The van der Waals surface area contributed by atoms with Crippen molar-refractivity contribution in [2.75, 3.05) is 23.7 Å². The van der Waals surface area contributed by atoms with Crippen LogP contribution in [0.1, 0.15) is 37.8 Å². The first kappa shape index (κ1) is 17.1. The van der Waals surface area contributed by atoms with Crippen LogP contribution < -0.4 is 16.0 Å². The number of pyridine rings is 1. The average molecular weight is 340 g/mol. The summed E-state index contributed by atoms with van der Waals surface area (Å²) in [4.78, 5) is 23.8. The van der Waals surface area contributed by atoms with Crippen LogP contribution >= 0.6 is 0 Å². The van der Waals surface area contributed by atoms with Gasteiger partial charge in [0.25, 0.3) is 0 Å². The Bertz CT molecular complexity index is 687. The van der Waals surface area contributed by atoms with E-state index in [2.05, 4.69) is 30.9 Å². The van der Waals surface area contributed by atoms with Gasteiger partial charge < -0.3 is 16.0 Å². The monoisotopic (exact) mass is 340 g/mol. The number of rotatable bonds is 8. The summed E-state index contributed by atoms with van der Waals surface area (Å²) in [5.41, 5.74) is 2.08. The lowest BCUT2D eigenvalue weighted by Gasteiger charge is -2.35. The van der Waals surface area contributed by atoms with Gasteiger partial charge in [0.15, 0.2) is 0 Å². The Balaban J connectivity index is 1.38. The quantitative estimate of drug-likeness (QED) is 0.638. The molecule has 0 radical (unpaired) electrons. The zero-order valence-corrected chi connectivity index (χ0v) is 14.4. The van der Waals surface area contributed by atoms with Gasteiger partial charge >= 0.3 is 0 Å². The number of carbonyl (C=O) groups is 1. The fourth-order valence-corrected chi connectivity index (χ4v) is 2.96. The number of hydrogen-bond donors (Lipinski definition) is 3. The molecule has 1 amide bonds. The molecule has 0 bridgehead atoms. The van der Waals surface area contributed by atoms with E-state index in [0.717, 1.165) is 49.6 Å². The lowest BCUT2D eigenvalue weighted by molar-refractivity contribution is -0.120.